The number of carboxylic acids is 1. The number of likely N-dealkylation sites (N-methyl/N-ethyl adjacent to an activating group) is 1. The zero-order valence-corrected chi connectivity index (χ0v) is 11.6. The number of rotatable bonds is 12. The third-order valence-corrected chi connectivity index (χ3v) is 2.71. The molecule has 2 N–H and O–H groups in total. The van der Waals surface area contributed by atoms with Crippen LogP contribution < -0.4 is 5.32 Å². The SMILES string of the molecule is CCNC(CCN(CCOC)CCOC)C(=O)O. The second kappa shape index (κ2) is 11.4. The van der Waals surface area contributed by atoms with Gasteiger partial charge in [0.15, 0.2) is 0 Å². The lowest BCUT2D eigenvalue weighted by Gasteiger charge is -2.23. The molecule has 0 aliphatic carbocycles. The van der Waals surface area contributed by atoms with Crippen molar-refractivity contribution in [2.75, 3.05) is 53.6 Å². The van der Waals surface area contributed by atoms with E-state index < -0.39 is 12.0 Å². The van der Waals surface area contributed by atoms with E-state index in [1.807, 2.05) is 6.92 Å². The van der Waals surface area contributed by atoms with Crippen molar-refractivity contribution >= 4 is 5.97 Å². The van der Waals surface area contributed by atoms with Crippen LogP contribution in [0, 0.1) is 0 Å². The smallest absolute Gasteiger partial charge is 0.320 e. The van der Waals surface area contributed by atoms with Gasteiger partial charge in [-0.25, -0.2) is 0 Å². The highest BCUT2D eigenvalue weighted by molar-refractivity contribution is 5.73. The maximum atomic E-state index is 11.0. The highest BCUT2D eigenvalue weighted by Gasteiger charge is 2.17. The minimum absolute atomic E-state index is 0.484. The standard InChI is InChI=1S/C12H26N2O4/c1-4-13-11(12(15)16)5-6-14(7-9-17-2)8-10-18-3/h11,13H,4-10H2,1-3H3,(H,15,16). The van der Waals surface area contributed by atoms with Crippen LogP contribution >= 0.6 is 0 Å². The van der Waals surface area contributed by atoms with E-state index in [1.54, 1.807) is 14.2 Å². The van der Waals surface area contributed by atoms with Gasteiger partial charge in [0, 0.05) is 33.9 Å². The second-order valence-corrected chi connectivity index (χ2v) is 4.06. The topological polar surface area (TPSA) is 71.0 Å². The number of ether oxygens (including phenoxy) is 2. The molecule has 0 bridgehead atoms. The zero-order valence-electron chi connectivity index (χ0n) is 11.6. The number of carbonyl (C=O) groups is 1. The van der Waals surface area contributed by atoms with Crippen molar-refractivity contribution in [2.24, 2.45) is 0 Å². The number of hydrogen-bond acceptors (Lipinski definition) is 5. The van der Waals surface area contributed by atoms with E-state index >= 15 is 0 Å². The van der Waals surface area contributed by atoms with E-state index in [9.17, 15) is 4.79 Å². The monoisotopic (exact) mass is 262 g/mol. The summed E-state index contributed by atoms with van der Waals surface area (Å²) >= 11 is 0. The number of nitrogens with one attached hydrogen (secondary N) is 1. The van der Waals surface area contributed by atoms with Gasteiger partial charge < -0.3 is 19.9 Å². The molecule has 6 heteroatoms. The first-order valence-electron chi connectivity index (χ1n) is 6.32. The lowest BCUT2D eigenvalue weighted by atomic mass is 10.2. The van der Waals surface area contributed by atoms with E-state index in [2.05, 4.69) is 10.2 Å². The van der Waals surface area contributed by atoms with Crippen LogP contribution in [0.25, 0.3) is 0 Å². The van der Waals surface area contributed by atoms with E-state index in [0.717, 1.165) is 19.6 Å². The van der Waals surface area contributed by atoms with Gasteiger partial charge in [0.1, 0.15) is 6.04 Å². The predicted octanol–water partition coefficient (Wildman–Crippen LogP) is 0.0340. The molecular formula is C12H26N2O4. The van der Waals surface area contributed by atoms with Crippen LogP contribution in [0.4, 0.5) is 0 Å². The van der Waals surface area contributed by atoms with Gasteiger partial charge in [-0.2, -0.15) is 0 Å². The minimum atomic E-state index is -0.796. The summed E-state index contributed by atoms with van der Waals surface area (Å²) in [7, 11) is 3.32. The van der Waals surface area contributed by atoms with Gasteiger partial charge in [-0.05, 0) is 13.0 Å². The van der Waals surface area contributed by atoms with Crippen LogP contribution in [0.2, 0.25) is 0 Å². The Balaban J connectivity index is 4.06. The lowest BCUT2D eigenvalue weighted by Crippen LogP contribution is -2.41. The normalized spacial score (nSPS) is 12.9. The van der Waals surface area contributed by atoms with Gasteiger partial charge in [-0.3, -0.25) is 9.69 Å². The van der Waals surface area contributed by atoms with Crippen molar-refractivity contribution in [3.63, 3.8) is 0 Å². The van der Waals surface area contributed by atoms with Crippen molar-refractivity contribution in [3.8, 4) is 0 Å². The molecular weight excluding hydrogens is 236 g/mol. The molecule has 0 spiro atoms. The van der Waals surface area contributed by atoms with Gasteiger partial charge in [0.05, 0.1) is 13.2 Å². The number of methoxy groups -OCH3 is 2. The second-order valence-electron chi connectivity index (χ2n) is 4.06. The van der Waals surface area contributed by atoms with Crippen LogP contribution in [0.5, 0.6) is 0 Å². The van der Waals surface area contributed by atoms with Crippen LogP contribution in [0.3, 0.4) is 0 Å². The minimum Gasteiger partial charge on any atom is -0.480 e. The highest BCUT2D eigenvalue weighted by Crippen LogP contribution is 1.98. The van der Waals surface area contributed by atoms with Gasteiger partial charge in [-0.1, -0.05) is 6.92 Å². The predicted molar refractivity (Wildman–Crippen MR) is 69.9 cm³/mol. The molecule has 1 atom stereocenters. The Kier molecular flexibility index (Phi) is 11.0. The molecule has 0 amide bonds. The third-order valence-electron chi connectivity index (χ3n) is 2.71. The quantitative estimate of drug-likeness (QED) is 0.517. The first-order chi connectivity index (χ1) is 8.65. The van der Waals surface area contributed by atoms with E-state index in [0.29, 0.717) is 26.2 Å². The molecule has 0 aromatic rings. The summed E-state index contributed by atoms with van der Waals surface area (Å²) in [5.41, 5.74) is 0. The van der Waals surface area contributed by atoms with Crippen LogP contribution in [0.1, 0.15) is 13.3 Å². The largest absolute Gasteiger partial charge is 0.480 e. The first kappa shape index (κ1) is 17.3. The maximum Gasteiger partial charge on any atom is 0.320 e. The highest BCUT2D eigenvalue weighted by atomic mass is 16.5. The van der Waals surface area contributed by atoms with Crippen molar-refractivity contribution < 1.29 is 19.4 Å². The molecule has 0 fully saturated rings. The molecule has 0 aromatic carbocycles. The molecule has 0 aromatic heterocycles. The molecule has 0 rings (SSSR count). The van der Waals surface area contributed by atoms with Crippen LogP contribution in [-0.2, 0) is 14.3 Å². The van der Waals surface area contributed by atoms with Crippen molar-refractivity contribution in [1.82, 2.24) is 10.2 Å². The maximum absolute atomic E-state index is 11.0. The van der Waals surface area contributed by atoms with E-state index in [4.69, 9.17) is 14.6 Å². The lowest BCUT2D eigenvalue weighted by molar-refractivity contribution is -0.139. The summed E-state index contributed by atoms with van der Waals surface area (Å²) in [5, 5.41) is 12.0. The van der Waals surface area contributed by atoms with Crippen LogP contribution in [-0.4, -0.2) is 75.6 Å². The average molecular weight is 262 g/mol. The van der Waals surface area contributed by atoms with Crippen molar-refractivity contribution in [2.45, 2.75) is 19.4 Å². The van der Waals surface area contributed by atoms with E-state index in [-0.39, 0.29) is 0 Å². The van der Waals surface area contributed by atoms with E-state index in [1.165, 1.54) is 0 Å². The third kappa shape index (κ3) is 8.41. The number of nitrogens with zero attached hydrogens (tertiary/aromatic N) is 1. The Morgan fingerprint density at radius 1 is 1.22 bits per heavy atom. The van der Waals surface area contributed by atoms with Gasteiger partial charge in [0.2, 0.25) is 0 Å². The summed E-state index contributed by atoms with van der Waals surface area (Å²) in [6, 6.07) is -0.484. The van der Waals surface area contributed by atoms with Crippen LogP contribution in [0.15, 0.2) is 0 Å². The fourth-order valence-corrected chi connectivity index (χ4v) is 1.65. The summed E-state index contributed by atoms with van der Waals surface area (Å²) in [6.07, 6.45) is 0.580. The average Bonchev–Trinajstić information content (AvgIpc) is 2.36. The summed E-state index contributed by atoms with van der Waals surface area (Å²) in [4.78, 5) is 13.2. The molecule has 108 valence electrons. The molecule has 0 radical (unpaired) electrons. The molecule has 0 aliphatic heterocycles. The molecule has 6 nitrogen and oxygen atoms in total. The fraction of sp³-hybridized carbons (Fsp3) is 0.917. The number of aliphatic carboxylic acids is 1. The Morgan fingerprint density at radius 2 is 1.78 bits per heavy atom. The molecule has 0 saturated carbocycles. The molecule has 0 saturated heterocycles. The Labute approximate surface area is 109 Å². The van der Waals surface area contributed by atoms with Gasteiger partial charge in [-0.15, -0.1) is 0 Å². The molecule has 18 heavy (non-hydrogen) atoms. The fourth-order valence-electron chi connectivity index (χ4n) is 1.65. The van der Waals surface area contributed by atoms with Crippen molar-refractivity contribution in [1.29, 1.82) is 0 Å². The first-order valence-corrected chi connectivity index (χ1v) is 6.32. The summed E-state index contributed by atoms with van der Waals surface area (Å²) < 4.78 is 10.1. The Hall–Kier alpha value is -0.690. The molecule has 1 unspecified atom stereocenters. The number of hydrogen-bond donors (Lipinski definition) is 2. The molecule has 0 heterocycles. The van der Waals surface area contributed by atoms with Gasteiger partial charge >= 0.3 is 5.97 Å². The van der Waals surface area contributed by atoms with Crippen molar-refractivity contribution in [3.05, 3.63) is 0 Å². The van der Waals surface area contributed by atoms with Gasteiger partial charge in [0.25, 0.3) is 0 Å². The number of carboxylic acid groups (broad SMARTS) is 1. The summed E-state index contributed by atoms with van der Waals surface area (Å²) in [6.45, 7) is 6.15. The zero-order chi connectivity index (χ0) is 13.8. The Bertz CT molecular complexity index is 206. The Morgan fingerprint density at radius 3 is 2.17 bits per heavy atom. The molecule has 0 aliphatic rings. The summed E-state index contributed by atoms with van der Waals surface area (Å²) in [5.74, 6) is -0.796.